The lowest BCUT2D eigenvalue weighted by atomic mass is 10.0. The molecule has 2 fully saturated rings. The van der Waals surface area contributed by atoms with Crippen LogP contribution in [0.4, 0.5) is 33.5 Å². The number of anilines is 2. The molecule has 2 aliphatic rings. The lowest BCUT2D eigenvalue weighted by Crippen LogP contribution is -2.25. The number of alkyl halides is 5. The molecule has 1 aliphatic heterocycles. The molecule has 3 aromatic rings. The second-order valence-electron chi connectivity index (χ2n) is 8.32. The number of nitrogens with one attached hydrogen (secondary N) is 1. The minimum atomic E-state index is -4.44. The lowest BCUT2D eigenvalue weighted by Gasteiger charge is -2.22. The van der Waals surface area contributed by atoms with Crippen LogP contribution in [0.2, 0.25) is 0 Å². The van der Waals surface area contributed by atoms with Crippen molar-refractivity contribution >= 4 is 22.7 Å². The summed E-state index contributed by atoms with van der Waals surface area (Å²) in [6.07, 6.45) is -0.941. The van der Waals surface area contributed by atoms with Gasteiger partial charge >= 0.3 is 6.18 Å². The van der Waals surface area contributed by atoms with Crippen LogP contribution in [0.5, 0.6) is 0 Å². The van der Waals surface area contributed by atoms with Crippen molar-refractivity contribution in [3.05, 3.63) is 36.4 Å². The van der Waals surface area contributed by atoms with Crippen LogP contribution < -0.4 is 10.2 Å². The third-order valence-corrected chi connectivity index (χ3v) is 6.16. The highest BCUT2D eigenvalue weighted by atomic mass is 19.4. The van der Waals surface area contributed by atoms with Crippen LogP contribution in [-0.2, 0) is 12.7 Å². The monoisotopic (exact) mass is 453 g/mol. The van der Waals surface area contributed by atoms with Crippen molar-refractivity contribution in [2.24, 2.45) is 11.8 Å². The number of hydrogen-bond acceptors (Lipinski definition) is 6. The highest BCUT2D eigenvalue weighted by Gasteiger charge is 2.41. The van der Waals surface area contributed by atoms with Crippen LogP contribution in [0.1, 0.15) is 18.5 Å². The normalized spacial score (nSPS) is 23.3. The topological polar surface area (TPSA) is 71.8 Å². The standard InChI is InChI=1S/C20H20F5N7/c21-17(22)10-32-19-15(6-28-32)26-7-18(30-19)29-13-3-11-8-31(9-12(11)4-13)14-1-2-16(27-5-14)20(23,24)25/h1-2,5-7,11-13,17H,3-4,8-10H2,(H,29,30)/t11-,12?,13?/m0/s1. The smallest absolute Gasteiger partial charge is 0.370 e. The molecular formula is C20H20F5N7. The van der Waals surface area contributed by atoms with Crippen molar-refractivity contribution in [1.82, 2.24) is 24.7 Å². The molecule has 32 heavy (non-hydrogen) atoms. The van der Waals surface area contributed by atoms with Crippen LogP contribution in [0.25, 0.3) is 11.2 Å². The van der Waals surface area contributed by atoms with Gasteiger partial charge < -0.3 is 10.2 Å². The Morgan fingerprint density at radius 2 is 1.78 bits per heavy atom. The summed E-state index contributed by atoms with van der Waals surface area (Å²) in [6, 6.07) is 2.65. The minimum Gasteiger partial charge on any atom is -0.370 e. The maximum atomic E-state index is 12.7. The van der Waals surface area contributed by atoms with Crippen LogP contribution in [0.3, 0.4) is 0 Å². The third-order valence-electron chi connectivity index (χ3n) is 6.16. The van der Waals surface area contributed by atoms with Crippen molar-refractivity contribution < 1.29 is 22.0 Å². The van der Waals surface area contributed by atoms with E-state index in [1.165, 1.54) is 18.5 Å². The van der Waals surface area contributed by atoms with Gasteiger partial charge in [-0.05, 0) is 36.8 Å². The van der Waals surface area contributed by atoms with Gasteiger partial charge in [-0.15, -0.1) is 0 Å². The van der Waals surface area contributed by atoms with Gasteiger partial charge in [0.25, 0.3) is 6.43 Å². The summed E-state index contributed by atoms with van der Waals surface area (Å²) in [7, 11) is 0. The number of nitrogens with zero attached hydrogens (tertiary/aromatic N) is 6. The molecule has 12 heteroatoms. The summed E-state index contributed by atoms with van der Waals surface area (Å²) in [4.78, 5) is 14.3. The zero-order chi connectivity index (χ0) is 22.5. The van der Waals surface area contributed by atoms with E-state index in [-0.39, 0.29) is 6.04 Å². The minimum absolute atomic E-state index is 0.163. The molecule has 0 spiro atoms. The van der Waals surface area contributed by atoms with Crippen molar-refractivity contribution in [2.75, 3.05) is 23.3 Å². The summed E-state index contributed by atoms with van der Waals surface area (Å²) in [5, 5.41) is 7.27. The maximum Gasteiger partial charge on any atom is 0.433 e. The first kappa shape index (κ1) is 20.8. The molecule has 0 amide bonds. The first-order valence-electron chi connectivity index (χ1n) is 10.3. The maximum absolute atomic E-state index is 12.7. The van der Waals surface area contributed by atoms with E-state index in [9.17, 15) is 22.0 Å². The molecule has 1 saturated heterocycles. The molecular weight excluding hydrogens is 433 g/mol. The van der Waals surface area contributed by atoms with Crippen LogP contribution >= 0.6 is 0 Å². The van der Waals surface area contributed by atoms with E-state index in [4.69, 9.17) is 0 Å². The van der Waals surface area contributed by atoms with Gasteiger partial charge in [0.15, 0.2) is 5.65 Å². The molecule has 3 aromatic heterocycles. The average molecular weight is 453 g/mol. The molecule has 7 nitrogen and oxygen atoms in total. The highest BCUT2D eigenvalue weighted by Crippen LogP contribution is 2.41. The Balaban J connectivity index is 1.21. The van der Waals surface area contributed by atoms with Gasteiger partial charge in [0.05, 0.1) is 24.3 Å². The summed E-state index contributed by atoms with van der Waals surface area (Å²) >= 11 is 0. The van der Waals surface area contributed by atoms with Crippen LogP contribution in [-0.4, -0.2) is 50.3 Å². The first-order valence-corrected chi connectivity index (χ1v) is 10.3. The van der Waals surface area contributed by atoms with Crippen molar-refractivity contribution in [2.45, 2.75) is 38.0 Å². The first-order chi connectivity index (χ1) is 15.3. The third kappa shape index (κ3) is 4.05. The Bertz CT molecular complexity index is 1080. The molecule has 0 bridgehead atoms. The molecule has 0 radical (unpaired) electrons. The second-order valence-corrected chi connectivity index (χ2v) is 8.32. The van der Waals surface area contributed by atoms with E-state index in [1.54, 1.807) is 6.20 Å². The van der Waals surface area contributed by atoms with Gasteiger partial charge in [-0.2, -0.15) is 18.3 Å². The van der Waals surface area contributed by atoms with E-state index in [1.807, 2.05) is 0 Å². The molecule has 1 aliphatic carbocycles. The van der Waals surface area contributed by atoms with Gasteiger partial charge in [-0.25, -0.2) is 28.4 Å². The summed E-state index contributed by atoms with van der Waals surface area (Å²) in [5.74, 6) is 1.31. The van der Waals surface area contributed by atoms with Gasteiger partial charge in [0.1, 0.15) is 23.6 Å². The fourth-order valence-electron chi connectivity index (χ4n) is 4.76. The molecule has 1 saturated carbocycles. The zero-order valence-corrected chi connectivity index (χ0v) is 16.8. The largest absolute Gasteiger partial charge is 0.433 e. The van der Waals surface area contributed by atoms with E-state index in [0.29, 0.717) is 34.5 Å². The predicted octanol–water partition coefficient (Wildman–Crippen LogP) is 3.83. The number of fused-ring (bicyclic) bond motifs is 2. The van der Waals surface area contributed by atoms with Crippen LogP contribution in [0.15, 0.2) is 30.7 Å². The Morgan fingerprint density at radius 3 is 2.41 bits per heavy atom. The highest BCUT2D eigenvalue weighted by molar-refractivity contribution is 5.71. The van der Waals surface area contributed by atoms with Crippen LogP contribution in [0, 0.1) is 11.8 Å². The number of rotatable bonds is 5. The Kier molecular flexibility index (Phi) is 5.09. The molecule has 170 valence electrons. The number of hydrogen-bond donors (Lipinski definition) is 1. The van der Waals surface area contributed by atoms with Gasteiger partial charge in [-0.3, -0.25) is 0 Å². The molecule has 2 unspecified atom stereocenters. The molecule has 0 aromatic carbocycles. The number of aromatic nitrogens is 5. The lowest BCUT2D eigenvalue weighted by molar-refractivity contribution is -0.141. The summed E-state index contributed by atoms with van der Waals surface area (Å²) < 4.78 is 64.8. The predicted molar refractivity (Wildman–Crippen MR) is 106 cm³/mol. The Hall–Kier alpha value is -3.05. The SMILES string of the molecule is FC(F)Cn1ncc2ncc(NC3CC4CN(c5ccc(C(F)(F)F)nc5)C[C@@H]4C3)nc21. The average Bonchev–Trinajstić information content (AvgIpc) is 3.41. The fourth-order valence-corrected chi connectivity index (χ4v) is 4.76. The van der Waals surface area contributed by atoms with Crippen molar-refractivity contribution in [3.63, 3.8) is 0 Å². The van der Waals surface area contributed by atoms with Gasteiger partial charge in [0.2, 0.25) is 0 Å². The number of halogens is 5. The van der Waals surface area contributed by atoms with E-state index >= 15 is 0 Å². The molecule has 3 atom stereocenters. The van der Waals surface area contributed by atoms with E-state index < -0.39 is 24.8 Å². The van der Waals surface area contributed by atoms with E-state index in [2.05, 4.69) is 30.3 Å². The van der Waals surface area contributed by atoms with Crippen molar-refractivity contribution in [1.29, 1.82) is 0 Å². The van der Waals surface area contributed by atoms with Gasteiger partial charge in [-0.1, -0.05) is 0 Å². The van der Waals surface area contributed by atoms with Gasteiger partial charge in [0, 0.05) is 19.1 Å². The van der Waals surface area contributed by atoms with Crippen molar-refractivity contribution in [3.8, 4) is 0 Å². The van der Waals surface area contributed by atoms with E-state index in [0.717, 1.165) is 36.7 Å². The molecule has 4 heterocycles. The second kappa shape index (κ2) is 7.82. The summed E-state index contributed by atoms with van der Waals surface area (Å²) in [6.45, 7) is 0.966. The zero-order valence-electron chi connectivity index (χ0n) is 16.8. The Labute approximate surface area is 179 Å². The fraction of sp³-hybridized carbons (Fsp3) is 0.500. The molecule has 1 N–H and O–H groups in total. The Morgan fingerprint density at radius 1 is 1.03 bits per heavy atom. The summed E-state index contributed by atoms with van der Waals surface area (Å²) in [5.41, 5.74) is 0.577. The number of pyridine rings is 1. The molecule has 5 rings (SSSR count). The quantitative estimate of drug-likeness (QED) is 0.592.